The Balaban J connectivity index is 1.75. The highest BCUT2D eigenvalue weighted by Gasteiger charge is 2.13. The summed E-state index contributed by atoms with van der Waals surface area (Å²) in [5.41, 5.74) is 3.09. The van der Waals surface area contributed by atoms with Crippen molar-refractivity contribution in [1.82, 2.24) is 14.9 Å². The second-order valence-corrected chi connectivity index (χ2v) is 6.06. The van der Waals surface area contributed by atoms with Crippen LogP contribution in [0.25, 0.3) is 11.0 Å². The van der Waals surface area contributed by atoms with E-state index in [1.54, 1.807) is 0 Å². The Hall–Kier alpha value is -2.71. The van der Waals surface area contributed by atoms with Crippen LogP contribution >= 0.6 is 0 Å². The van der Waals surface area contributed by atoms with Gasteiger partial charge in [0.25, 0.3) is 0 Å². The van der Waals surface area contributed by atoms with Gasteiger partial charge in [0.15, 0.2) is 0 Å². The Labute approximate surface area is 146 Å². The number of imidazole rings is 1. The number of rotatable bonds is 8. The van der Waals surface area contributed by atoms with E-state index in [4.69, 9.17) is 5.26 Å². The zero-order chi connectivity index (χ0) is 17.5. The quantitative estimate of drug-likeness (QED) is 0.627. The number of hydrogen-bond donors (Lipinski definition) is 1. The maximum Gasteiger partial charge on any atom is 0.123 e. The molecule has 25 heavy (non-hydrogen) atoms. The number of nitriles is 1. The van der Waals surface area contributed by atoms with Gasteiger partial charge in [-0.3, -0.25) is 0 Å². The molecular formula is C20H21FN4. The molecule has 5 heteroatoms. The summed E-state index contributed by atoms with van der Waals surface area (Å²) >= 11 is 0. The highest BCUT2D eigenvalue weighted by atomic mass is 19.1. The third-order valence-electron chi connectivity index (χ3n) is 4.29. The molecule has 0 saturated carbocycles. The van der Waals surface area contributed by atoms with Gasteiger partial charge in [0.2, 0.25) is 0 Å². The molecule has 1 atom stereocenters. The molecule has 1 unspecified atom stereocenters. The molecule has 3 rings (SSSR count). The number of benzene rings is 2. The van der Waals surface area contributed by atoms with Gasteiger partial charge in [0.05, 0.1) is 29.5 Å². The molecule has 0 fully saturated rings. The topological polar surface area (TPSA) is 53.6 Å². The minimum Gasteiger partial charge on any atom is -0.329 e. The van der Waals surface area contributed by atoms with E-state index in [2.05, 4.69) is 27.0 Å². The summed E-state index contributed by atoms with van der Waals surface area (Å²) < 4.78 is 15.4. The number of hydrogen-bond acceptors (Lipinski definition) is 3. The molecule has 4 nitrogen and oxygen atoms in total. The van der Waals surface area contributed by atoms with Gasteiger partial charge in [-0.25, -0.2) is 9.37 Å². The minimum absolute atomic E-state index is 0.0558. The normalized spacial score (nSPS) is 12.2. The Bertz CT molecular complexity index is 848. The number of aromatic nitrogens is 2. The molecule has 0 spiro atoms. The largest absolute Gasteiger partial charge is 0.329 e. The third-order valence-corrected chi connectivity index (χ3v) is 4.29. The van der Waals surface area contributed by atoms with Crippen LogP contribution in [0.2, 0.25) is 0 Å². The zero-order valence-electron chi connectivity index (χ0n) is 14.0. The molecule has 128 valence electrons. The number of para-hydroxylation sites is 2. The van der Waals surface area contributed by atoms with Crippen LogP contribution in [0.15, 0.2) is 54.9 Å². The average molecular weight is 336 g/mol. The van der Waals surface area contributed by atoms with Gasteiger partial charge in [-0.05, 0) is 49.2 Å². The summed E-state index contributed by atoms with van der Waals surface area (Å²) in [7, 11) is 0. The summed E-state index contributed by atoms with van der Waals surface area (Å²) in [6.45, 7) is 1.53. The predicted molar refractivity (Wildman–Crippen MR) is 96.3 cm³/mol. The van der Waals surface area contributed by atoms with E-state index >= 15 is 0 Å². The summed E-state index contributed by atoms with van der Waals surface area (Å²) in [6.07, 6.45) is 4.25. The molecule has 1 aromatic heterocycles. The summed E-state index contributed by atoms with van der Waals surface area (Å²) in [6, 6.07) is 16.9. The molecule has 0 saturated heterocycles. The molecule has 1 N–H and O–H groups in total. The lowest BCUT2D eigenvalue weighted by atomic mass is 10.1. The molecule has 1 heterocycles. The maximum atomic E-state index is 13.3. The molecule has 0 amide bonds. The van der Waals surface area contributed by atoms with Crippen LogP contribution in [0.4, 0.5) is 4.39 Å². The van der Waals surface area contributed by atoms with Crippen LogP contribution in [0, 0.1) is 17.1 Å². The van der Waals surface area contributed by atoms with Crippen LogP contribution in [-0.2, 0) is 6.54 Å². The summed E-state index contributed by atoms with van der Waals surface area (Å²) in [4.78, 5) is 4.44. The van der Waals surface area contributed by atoms with Crippen LogP contribution in [-0.4, -0.2) is 16.1 Å². The fourth-order valence-corrected chi connectivity index (χ4v) is 2.94. The van der Waals surface area contributed by atoms with Gasteiger partial charge in [-0.15, -0.1) is 0 Å². The monoisotopic (exact) mass is 336 g/mol. The molecule has 0 aliphatic carbocycles. The highest BCUT2D eigenvalue weighted by Crippen LogP contribution is 2.20. The van der Waals surface area contributed by atoms with Crippen molar-refractivity contribution in [3.05, 3.63) is 66.2 Å². The van der Waals surface area contributed by atoms with Gasteiger partial charge >= 0.3 is 0 Å². The third kappa shape index (κ3) is 4.43. The lowest BCUT2D eigenvalue weighted by Crippen LogP contribution is -2.26. The van der Waals surface area contributed by atoms with Crippen molar-refractivity contribution in [2.45, 2.75) is 31.8 Å². The van der Waals surface area contributed by atoms with Gasteiger partial charge < -0.3 is 9.88 Å². The van der Waals surface area contributed by atoms with Crippen molar-refractivity contribution in [3.63, 3.8) is 0 Å². The second kappa shape index (κ2) is 8.41. The highest BCUT2D eigenvalue weighted by molar-refractivity contribution is 5.74. The van der Waals surface area contributed by atoms with Crippen LogP contribution in [0.3, 0.4) is 0 Å². The van der Waals surface area contributed by atoms with E-state index in [0.29, 0.717) is 13.0 Å². The molecule has 0 aliphatic heterocycles. The Morgan fingerprint density at radius 3 is 2.72 bits per heavy atom. The van der Waals surface area contributed by atoms with Gasteiger partial charge in [-0.1, -0.05) is 24.3 Å². The second-order valence-electron chi connectivity index (χ2n) is 6.06. The van der Waals surface area contributed by atoms with Gasteiger partial charge in [0, 0.05) is 13.0 Å². The number of nitrogens with one attached hydrogen (secondary N) is 1. The maximum absolute atomic E-state index is 13.3. The molecule has 3 aromatic rings. The standard InChI is InChI=1S/C20H21FN4/c21-17-10-8-16(9-11-17)19(23-13-5-1-4-12-22)14-25-15-24-18-6-2-3-7-20(18)25/h2-3,6-11,15,19,23H,1,4-5,13-14H2. The van der Waals surface area contributed by atoms with Crippen LogP contribution in [0.5, 0.6) is 0 Å². The number of halogens is 1. The number of nitrogens with zero attached hydrogens (tertiary/aromatic N) is 3. The predicted octanol–water partition coefficient (Wildman–Crippen LogP) is 4.20. The van der Waals surface area contributed by atoms with Crippen molar-refractivity contribution in [3.8, 4) is 6.07 Å². The minimum atomic E-state index is -0.232. The van der Waals surface area contributed by atoms with Crippen molar-refractivity contribution >= 4 is 11.0 Å². The fourth-order valence-electron chi connectivity index (χ4n) is 2.94. The first kappa shape index (κ1) is 17.1. The van der Waals surface area contributed by atoms with E-state index in [1.807, 2.05) is 36.7 Å². The van der Waals surface area contributed by atoms with Crippen molar-refractivity contribution in [2.24, 2.45) is 0 Å². The summed E-state index contributed by atoms with van der Waals surface area (Å²) in [5.74, 6) is -0.232. The number of unbranched alkanes of at least 4 members (excludes halogenated alkanes) is 2. The smallest absolute Gasteiger partial charge is 0.123 e. The first-order valence-electron chi connectivity index (χ1n) is 8.53. The Morgan fingerprint density at radius 1 is 1.12 bits per heavy atom. The molecule has 0 bridgehead atoms. The van der Waals surface area contributed by atoms with Crippen molar-refractivity contribution in [1.29, 1.82) is 5.26 Å². The Morgan fingerprint density at radius 2 is 1.92 bits per heavy atom. The zero-order valence-corrected chi connectivity index (χ0v) is 14.0. The Kier molecular flexibility index (Phi) is 5.76. The van der Waals surface area contributed by atoms with Gasteiger partial charge in [-0.2, -0.15) is 5.26 Å². The van der Waals surface area contributed by atoms with Crippen LogP contribution < -0.4 is 5.32 Å². The number of fused-ring (bicyclic) bond motifs is 1. The average Bonchev–Trinajstić information content (AvgIpc) is 3.04. The van der Waals surface area contributed by atoms with E-state index in [1.165, 1.54) is 12.1 Å². The SMILES string of the molecule is N#CCCCCNC(Cn1cnc2ccccc21)c1ccc(F)cc1. The summed E-state index contributed by atoms with van der Waals surface area (Å²) in [5, 5.41) is 12.2. The van der Waals surface area contributed by atoms with Gasteiger partial charge in [0.1, 0.15) is 5.82 Å². The van der Waals surface area contributed by atoms with Crippen molar-refractivity contribution in [2.75, 3.05) is 6.54 Å². The van der Waals surface area contributed by atoms with Crippen LogP contribution in [0.1, 0.15) is 30.9 Å². The van der Waals surface area contributed by atoms with E-state index in [0.717, 1.165) is 36.0 Å². The molecular weight excluding hydrogens is 315 g/mol. The first-order chi connectivity index (χ1) is 12.3. The molecule has 0 aliphatic rings. The first-order valence-corrected chi connectivity index (χ1v) is 8.53. The van der Waals surface area contributed by atoms with E-state index < -0.39 is 0 Å². The molecule has 2 aromatic carbocycles. The van der Waals surface area contributed by atoms with Crippen molar-refractivity contribution < 1.29 is 4.39 Å². The fraction of sp³-hybridized carbons (Fsp3) is 0.300. The lowest BCUT2D eigenvalue weighted by molar-refractivity contribution is 0.460. The lowest BCUT2D eigenvalue weighted by Gasteiger charge is -2.20. The molecule has 0 radical (unpaired) electrons. The van der Waals surface area contributed by atoms with E-state index in [9.17, 15) is 4.39 Å². The van der Waals surface area contributed by atoms with E-state index in [-0.39, 0.29) is 11.9 Å².